The molecule has 0 bridgehead atoms. The summed E-state index contributed by atoms with van der Waals surface area (Å²) in [6.07, 6.45) is 46.2. The number of aromatic nitrogens is 2. The number of nitrogens with two attached hydrogens (primary N) is 1. The van der Waals surface area contributed by atoms with Crippen molar-refractivity contribution < 1.29 is 0 Å². The second-order valence-corrected chi connectivity index (χ2v) is 20.4. The van der Waals surface area contributed by atoms with E-state index in [1.807, 2.05) is 0 Å². The first-order valence-corrected chi connectivity index (χ1v) is 27.8. The van der Waals surface area contributed by atoms with Gasteiger partial charge in [0.15, 0.2) is 0 Å². The highest BCUT2D eigenvalue weighted by Gasteiger charge is 2.33. The molecule has 1 aliphatic heterocycles. The third-order valence-electron chi connectivity index (χ3n) is 13.6. The van der Waals surface area contributed by atoms with Crippen molar-refractivity contribution in [2.75, 3.05) is 45.9 Å². The van der Waals surface area contributed by atoms with E-state index < -0.39 is 0 Å². The summed E-state index contributed by atoms with van der Waals surface area (Å²) in [5.41, 5.74) is 6.54. The van der Waals surface area contributed by atoms with Gasteiger partial charge in [0.1, 0.15) is 0 Å². The summed E-state index contributed by atoms with van der Waals surface area (Å²) in [4.78, 5) is 14.8. The molecule has 2 aromatic rings. The molecule has 0 aromatic carbocycles. The van der Waals surface area contributed by atoms with Crippen LogP contribution in [0.5, 0.6) is 0 Å². The smallest absolute Gasteiger partial charge is 0.0603 e. The number of halogens is 2. The molecule has 2 aromatic heterocycles. The first kappa shape index (κ1) is 64.4. The second kappa shape index (κ2) is 43.4. The molecule has 386 valence electrons. The summed E-state index contributed by atoms with van der Waals surface area (Å²) in [5, 5.41) is 2.27. The van der Waals surface area contributed by atoms with Crippen LogP contribution in [0.1, 0.15) is 228 Å². The molecule has 2 atom stereocenters. The average Bonchev–Trinajstić information content (AvgIpc) is 3.29. The fourth-order valence-corrected chi connectivity index (χ4v) is 9.52. The fourth-order valence-electron chi connectivity index (χ4n) is 9.52. The van der Waals surface area contributed by atoms with E-state index in [1.54, 1.807) is 0 Å². The first-order chi connectivity index (χ1) is 31.2. The van der Waals surface area contributed by atoms with Crippen molar-refractivity contribution in [3.8, 4) is 0 Å². The molecule has 0 radical (unpaired) electrons. The van der Waals surface area contributed by atoms with Gasteiger partial charge in [-0.1, -0.05) is 183 Å². The standard InChI is InChI=1S/C36H62N4.C21H45N3.2ClH/c1-3-5-7-9-15-19-27-37-35-23-31-39(32-24-35)29-21-17-13-11-12-14-18-22-30-40-33-25-36(26-34-40)38-28-20-16-10-8-6-4-2;1-6-10-12-19(8-3)14-23-16-21(5,22)17-24(18-23)15-20(9-4)13-11-7-2;;/h23-26,31-34H,3-22,27-30H2,1-2H3;19-20H,6-18,22H2,1-5H3;2*1H. The lowest BCUT2D eigenvalue weighted by Gasteiger charge is -2.46. The summed E-state index contributed by atoms with van der Waals surface area (Å²) < 4.78 is 4.63. The van der Waals surface area contributed by atoms with E-state index in [0.29, 0.717) is 0 Å². The molecule has 0 spiro atoms. The van der Waals surface area contributed by atoms with Crippen LogP contribution < -0.4 is 16.4 Å². The predicted molar refractivity (Wildman–Crippen MR) is 295 cm³/mol. The van der Waals surface area contributed by atoms with Gasteiger partial charge in [0, 0.05) is 82.7 Å². The largest absolute Gasteiger partial charge is 0.354 e. The van der Waals surface area contributed by atoms with Crippen LogP contribution in [0.2, 0.25) is 0 Å². The highest BCUT2D eigenvalue weighted by Crippen LogP contribution is 2.23. The van der Waals surface area contributed by atoms with Crippen molar-refractivity contribution in [2.45, 2.75) is 247 Å². The van der Waals surface area contributed by atoms with Crippen LogP contribution in [-0.4, -0.2) is 70.4 Å². The molecule has 1 aliphatic rings. The van der Waals surface area contributed by atoms with Crippen LogP contribution in [0.25, 0.3) is 0 Å². The summed E-state index contributed by atoms with van der Waals surface area (Å²) >= 11 is 0. The molecule has 3 rings (SSSR count). The Morgan fingerprint density at radius 3 is 1.12 bits per heavy atom. The second-order valence-electron chi connectivity index (χ2n) is 20.4. The minimum Gasteiger partial charge on any atom is -0.354 e. The molecule has 0 saturated carbocycles. The fraction of sp³-hybridized carbons (Fsp3) is 0.825. The molecule has 1 saturated heterocycles. The number of hydrogen-bond acceptors (Lipinski definition) is 5. The van der Waals surface area contributed by atoms with Crippen LogP contribution in [-0.2, 0) is 13.1 Å². The first-order valence-electron chi connectivity index (χ1n) is 27.8. The normalized spacial score (nSPS) is 16.1. The van der Waals surface area contributed by atoms with Crippen molar-refractivity contribution >= 4 is 24.8 Å². The summed E-state index contributed by atoms with van der Waals surface area (Å²) in [7, 11) is 0. The lowest BCUT2D eigenvalue weighted by molar-refractivity contribution is 0.0182. The Hall–Kier alpha value is -1.64. The number of rotatable bonds is 37. The zero-order valence-corrected chi connectivity index (χ0v) is 46.1. The lowest BCUT2D eigenvalue weighted by Crippen LogP contribution is -2.63. The molecule has 66 heavy (non-hydrogen) atoms. The van der Waals surface area contributed by atoms with E-state index in [2.05, 4.69) is 116 Å². The van der Waals surface area contributed by atoms with E-state index in [4.69, 9.17) is 15.7 Å². The van der Waals surface area contributed by atoms with Gasteiger partial charge in [-0.05, 0) is 81.5 Å². The van der Waals surface area contributed by atoms with Crippen molar-refractivity contribution in [3.05, 3.63) is 59.8 Å². The molecule has 9 heteroatoms. The Balaban J connectivity index is 0.00000140. The third kappa shape index (κ3) is 33.8. The van der Waals surface area contributed by atoms with E-state index in [9.17, 15) is 0 Å². The monoisotopic (exact) mass is 962 g/mol. The zero-order chi connectivity index (χ0) is 46.4. The van der Waals surface area contributed by atoms with Crippen molar-refractivity contribution in [1.29, 1.82) is 0 Å². The van der Waals surface area contributed by atoms with Gasteiger partial charge in [0.2, 0.25) is 0 Å². The number of unbranched alkanes of at least 4 members (excludes halogenated alkanes) is 19. The number of hydrogen-bond donors (Lipinski definition) is 1. The van der Waals surface area contributed by atoms with Crippen LogP contribution in [0.4, 0.5) is 0 Å². The van der Waals surface area contributed by atoms with Gasteiger partial charge in [-0.2, -0.15) is 0 Å². The van der Waals surface area contributed by atoms with Gasteiger partial charge in [0.05, 0.1) is 17.4 Å². The maximum Gasteiger partial charge on any atom is 0.0603 e. The number of nitrogens with zero attached hydrogens (tertiary/aromatic N) is 6. The van der Waals surface area contributed by atoms with Crippen molar-refractivity contribution in [2.24, 2.45) is 27.6 Å². The number of pyridine rings is 2. The van der Waals surface area contributed by atoms with Crippen molar-refractivity contribution in [3.63, 3.8) is 0 Å². The van der Waals surface area contributed by atoms with E-state index >= 15 is 0 Å². The summed E-state index contributed by atoms with van der Waals surface area (Å²) in [5.74, 6) is 1.67. The quantitative estimate of drug-likeness (QED) is 0.0686. The molecule has 1 fully saturated rings. The highest BCUT2D eigenvalue weighted by molar-refractivity contribution is 5.85. The van der Waals surface area contributed by atoms with Gasteiger partial charge in [-0.15, -0.1) is 24.8 Å². The maximum atomic E-state index is 6.61. The molecule has 3 heterocycles. The van der Waals surface area contributed by atoms with E-state index in [-0.39, 0.29) is 30.4 Å². The Morgan fingerprint density at radius 1 is 0.470 bits per heavy atom. The molecule has 7 nitrogen and oxygen atoms in total. The SMILES string of the molecule is CCCCC(CC)CN1CN(CC(CC)CCCC)CC(C)(N)C1.CCCCCCCCN=c1ccn(CCCCCCCCCCn2ccc(=NCCCCCCCC)cc2)cc1.Cl.Cl. The Kier molecular flexibility index (Phi) is 42.3. The summed E-state index contributed by atoms with van der Waals surface area (Å²) in [6.45, 7) is 26.0. The number of aryl methyl sites for hydroxylation is 2. The van der Waals surface area contributed by atoms with Crippen LogP contribution in [0.3, 0.4) is 0 Å². The minimum absolute atomic E-state index is 0. The Morgan fingerprint density at radius 2 is 0.788 bits per heavy atom. The molecule has 2 N–H and O–H groups in total. The molecular weight excluding hydrogens is 854 g/mol. The topological polar surface area (TPSA) is 67.1 Å². The van der Waals surface area contributed by atoms with E-state index in [0.717, 1.165) is 68.5 Å². The average molecular weight is 963 g/mol. The van der Waals surface area contributed by atoms with Gasteiger partial charge in [-0.3, -0.25) is 19.8 Å². The molecular formula is C57H109Cl2N7. The van der Waals surface area contributed by atoms with Gasteiger partial charge in [0.25, 0.3) is 0 Å². The highest BCUT2D eigenvalue weighted by atomic mass is 35.5. The van der Waals surface area contributed by atoms with E-state index in [1.165, 1.54) is 193 Å². The Labute approximate surface area is 421 Å². The third-order valence-corrected chi connectivity index (χ3v) is 13.6. The van der Waals surface area contributed by atoms with Gasteiger partial charge >= 0.3 is 0 Å². The molecule has 0 aliphatic carbocycles. The summed E-state index contributed by atoms with van der Waals surface area (Å²) in [6, 6.07) is 8.71. The lowest BCUT2D eigenvalue weighted by atomic mass is 9.94. The zero-order valence-electron chi connectivity index (χ0n) is 44.5. The van der Waals surface area contributed by atoms with Crippen molar-refractivity contribution in [1.82, 2.24) is 18.9 Å². The van der Waals surface area contributed by atoms with Crippen LogP contribution in [0.15, 0.2) is 59.0 Å². The maximum absolute atomic E-state index is 6.61. The predicted octanol–water partition coefficient (Wildman–Crippen LogP) is 15.2. The minimum atomic E-state index is -0.0651. The van der Waals surface area contributed by atoms with Crippen LogP contribution >= 0.6 is 24.8 Å². The van der Waals surface area contributed by atoms with Gasteiger partial charge in [-0.25, -0.2) is 0 Å². The Bertz CT molecular complexity index is 1340. The van der Waals surface area contributed by atoms with Crippen LogP contribution in [0, 0.1) is 11.8 Å². The molecule has 0 amide bonds. The molecule has 2 unspecified atom stereocenters. The van der Waals surface area contributed by atoms with Gasteiger partial charge < -0.3 is 14.9 Å².